The predicted octanol–water partition coefficient (Wildman–Crippen LogP) is 2.61. The Kier molecular flexibility index (Phi) is 3.25. The molecule has 4 nitrogen and oxygen atoms in total. The van der Waals surface area contributed by atoms with Gasteiger partial charge in [-0.25, -0.2) is 0 Å². The third kappa shape index (κ3) is 2.14. The number of ether oxygens (including phenoxy) is 1. The Bertz CT molecular complexity index is 526. The molecule has 102 valence electrons. The van der Waals surface area contributed by atoms with E-state index in [0.29, 0.717) is 22.9 Å². The first-order chi connectivity index (χ1) is 9.08. The van der Waals surface area contributed by atoms with E-state index in [1.54, 1.807) is 12.1 Å². The molecule has 2 N–H and O–H groups in total. The fraction of sp³-hybridized carbons (Fsp3) is 0.500. The third-order valence-electron chi connectivity index (χ3n) is 3.91. The second-order valence-corrected chi connectivity index (χ2v) is 5.60. The van der Waals surface area contributed by atoms with E-state index in [1.807, 2.05) is 6.92 Å². The highest BCUT2D eigenvalue weighted by atomic mass is 35.5. The Hall–Kier alpha value is -1.10. The van der Waals surface area contributed by atoms with Crippen LogP contribution in [0.25, 0.3) is 0 Å². The van der Waals surface area contributed by atoms with Gasteiger partial charge < -0.3 is 15.2 Å². The molecule has 0 aromatic heterocycles. The van der Waals surface area contributed by atoms with Gasteiger partial charge in [0.25, 0.3) is 0 Å². The summed E-state index contributed by atoms with van der Waals surface area (Å²) in [6.07, 6.45) is 0.815. The van der Waals surface area contributed by atoms with Crippen molar-refractivity contribution in [2.24, 2.45) is 0 Å². The minimum absolute atomic E-state index is 0.0574. The SMILES string of the molecule is CC1C(=O)Nc2c1cc(Cl)cc2C(O)C1CCCO1. The first-order valence-corrected chi connectivity index (χ1v) is 6.89. The van der Waals surface area contributed by atoms with E-state index < -0.39 is 6.10 Å². The minimum Gasteiger partial charge on any atom is -0.386 e. The van der Waals surface area contributed by atoms with Gasteiger partial charge in [-0.15, -0.1) is 0 Å². The van der Waals surface area contributed by atoms with Gasteiger partial charge in [-0.3, -0.25) is 4.79 Å². The predicted molar refractivity (Wildman–Crippen MR) is 72.4 cm³/mol. The largest absolute Gasteiger partial charge is 0.386 e. The molecule has 3 rings (SSSR count). The van der Waals surface area contributed by atoms with Crippen molar-refractivity contribution in [2.75, 3.05) is 11.9 Å². The van der Waals surface area contributed by atoms with Gasteiger partial charge in [-0.05, 0) is 37.5 Å². The lowest BCUT2D eigenvalue weighted by Crippen LogP contribution is -2.18. The van der Waals surface area contributed by atoms with Gasteiger partial charge in [0.05, 0.1) is 17.7 Å². The highest BCUT2D eigenvalue weighted by molar-refractivity contribution is 6.31. The molecule has 0 radical (unpaired) electrons. The smallest absolute Gasteiger partial charge is 0.231 e. The van der Waals surface area contributed by atoms with Crippen LogP contribution in [0.2, 0.25) is 5.02 Å². The van der Waals surface area contributed by atoms with Crippen molar-refractivity contribution in [3.05, 3.63) is 28.3 Å². The number of aliphatic hydroxyl groups excluding tert-OH is 1. The summed E-state index contributed by atoms with van der Waals surface area (Å²) in [6, 6.07) is 3.50. The molecule has 0 bridgehead atoms. The molecule has 1 saturated heterocycles. The van der Waals surface area contributed by atoms with E-state index in [0.717, 1.165) is 18.4 Å². The molecule has 0 spiro atoms. The molecule has 2 heterocycles. The van der Waals surface area contributed by atoms with E-state index >= 15 is 0 Å². The van der Waals surface area contributed by atoms with Crippen LogP contribution in [0.4, 0.5) is 5.69 Å². The molecule has 5 heteroatoms. The van der Waals surface area contributed by atoms with Crippen LogP contribution in [0.5, 0.6) is 0 Å². The molecule has 3 unspecified atom stereocenters. The molecule has 3 atom stereocenters. The number of rotatable bonds is 2. The second-order valence-electron chi connectivity index (χ2n) is 5.17. The highest BCUT2D eigenvalue weighted by Gasteiger charge is 2.34. The standard InChI is InChI=1S/C14H16ClNO3/c1-7-9-5-8(15)6-10(12(9)16-14(7)18)13(17)11-3-2-4-19-11/h5-7,11,13,17H,2-4H2,1H3,(H,16,18). The average molecular weight is 282 g/mol. The normalized spacial score (nSPS) is 27.2. The molecule has 1 fully saturated rings. The topological polar surface area (TPSA) is 58.6 Å². The van der Waals surface area contributed by atoms with Crippen molar-refractivity contribution in [3.8, 4) is 0 Å². The molecule has 0 aliphatic carbocycles. The summed E-state index contributed by atoms with van der Waals surface area (Å²) < 4.78 is 5.52. The van der Waals surface area contributed by atoms with Gasteiger partial charge in [0.15, 0.2) is 0 Å². The Labute approximate surface area is 116 Å². The zero-order valence-electron chi connectivity index (χ0n) is 10.6. The molecular formula is C14H16ClNO3. The van der Waals surface area contributed by atoms with Crippen LogP contribution in [-0.2, 0) is 9.53 Å². The van der Waals surface area contributed by atoms with Gasteiger partial charge in [0, 0.05) is 17.2 Å². The Balaban J connectivity index is 2.02. The quantitative estimate of drug-likeness (QED) is 0.876. The van der Waals surface area contributed by atoms with Crippen LogP contribution >= 0.6 is 11.6 Å². The van der Waals surface area contributed by atoms with Crippen molar-refractivity contribution < 1.29 is 14.6 Å². The van der Waals surface area contributed by atoms with Gasteiger partial charge in [-0.1, -0.05) is 11.6 Å². The second kappa shape index (κ2) is 4.78. The lowest BCUT2D eigenvalue weighted by Gasteiger charge is -2.20. The van der Waals surface area contributed by atoms with E-state index in [1.165, 1.54) is 0 Å². The Morgan fingerprint density at radius 3 is 3.00 bits per heavy atom. The van der Waals surface area contributed by atoms with Gasteiger partial charge in [0.2, 0.25) is 5.91 Å². The van der Waals surface area contributed by atoms with E-state index in [4.69, 9.17) is 16.3 Å². The van der Waals surface area contributed by atoms with Gasteiger partial charge in [-0.2, -0.15) is 0 Å². The lowest BCUT2D eigenvalue weighted by molar-refractivity contribution is -0.116. The molecule has 2 aliphatic heterocycles. The van der Waals surface area contributed by atoms with Crippen molar-refractivity contribution in [1.29, 1.82) is 0 Å². The highest BCUT2D eigenvalue weighted by Crippen LogP contribution is 2.41. The molecule has 1 aromatic carbocycles. The number of amides is 1. The van der Waals surface area contributed by atoms with Crippen LogP contribution < -0.4 is 5.32 Å². The monoisotopic (exact) mass is 281 g/mol. The van der Waals surface area contributed by atoms with Gasteiger partial charge in [0.1, 0.15) is 6.10 Å². The number of hydrogen-bond donors (Lipinski definition) is 2. The number of carbonyl (C=O) groups excluding carboxylic acids is 1. The van der Waals surface area contributed by atoms with Crippen LogP contribution in [-0.4, -0.2) is 23.7 Å². The van der Waals surface area contributed by atoms with Gasteiger partial charge >= 0.3 is 0 Å². The summed E-state index contributed by atoms with van der Waals surface area (Å²) in [6.45, 7) is 2.51. The zero-order valence-corrected chi connectivity index (χ0v) is 11.4. The molecule has 0 saturated carbocycles. The van der Waals surface area contributed by atoms with Crippen LogP contribution in [0.15, 0.2) is 12.1 Å². The third-order valence-corrected chi connectivity index (χ3v) is 4.13. The number of nitrogens with one attached hydrogen (secondary N) is 1. The molecule has 2 aliphatic rings. The van der Waals surface area contributed by atoms with Crippen molar-refractivity contribution >= 4 is 23.2 Å². The first-order valence-electron chi connectivity index (χ1n) is 6.52. The van der Waals surface area contributed by atoms with Crippen LogP contribution in [0.3, 0.4) is 0 Å². The molecule has 1 amide bonds. The molecular weight excluding hydrogens is 266 g/mol. The maximum atomic E-state index is 11.8. The van der Waals surface area contributed by atoms with Crippen molar-refractivity contribution in [2.45, 2.75) is 37.9 Å². The number of halogens is 1. The molecule has 19 heavy (non-hydrogen) atoms. The first kappa shape index (κ1) is 12.9. The number of benzene rings is 1. The fourth-order valence-corrected chi connectivity index (χ4v) is 3.03. The van der Waals surface area contributed by atoms with Crippen molar-refractivity contribution in [3.63, 3.8) is 0 Å². The summed E-state index contributed by atoms with van der Waals surface area (Å²) in [5.41, 5.74) is 2.21. The average Bonchev–Trinajstić information content (AvgIpc) is 3.00. The Morgan fingerprint density at radius 1 is 1.53 bits per heavy atom. The maximum absolute atomic E-state index is 11.8. The maximum Gasteiger partial charge on any atom is 0.231 e. The van der Waals surface area contributed by atoms with E-state index in [2.05, 4.69) is 5.32 Å². The van der Waals surface area contributed by atoms with E-state index in [-0.39, 0.29) is 17.9 Å². The van der Waals surface area contributed by atoms with Crippen LogP contribution in [0.1, 0.15) is 42.9 Å². The summed E-state index contributed by atoms with van der Waals surface area (Å²) in [4.78, 5) is 11.8. The van der Waals surface area contributed by atoms with Crippen LogP contribution in [0, 0.1) is 0 Å². The summed E-state index contributed by atoms with van der Waals surface area (Å²) in [7, 11) is 0. The summed E-state index contributed by atoms with van der Waals surface area (Å²) in [5, 5.41) is 13.8. The lowest BCUT2D eigenvalue weighted by atomic mass is 9.95. The Morgan fingerprint density at radius 2 is 2.32 bits per heavy atom. The zero-order chi connectivity index (χ0) is 13.6. The number of fused-ring (bicyclic) bond motifs is 1. The number of aliphatic hydroxyl groups is 1. The summed E-state index contributed by atoms with van der Waals surface area (Å²) in [5.74, 6) is -0.290. The van der Waals surface area contributed by atoms with Crippen molar-refractivity contribution in [1.82, 2.24) is 0 Å². The number of anilines is 1. The fourth-order valence-electron chi connectivity index (χ4n) is 2.79. The van der Waals surface area contributed by atoms with E-state index in [9.17, 15) is 9.90 Å². The minimum atomic E-state index is -0.749. The number of carbonyl (C=O) groups is 1. The number of hydrogen-bond acceptors (Lipinski definition) is 3. The summed E-state index contributed by atoms with van der Waals surface area (Å²) >= 11 is 6.10. The molecule has 1 aromatic rings.